The van der Waals surface area contributed by atoms with E-state index in [1.807, 2.05) is 66.7 Å². The fraction of sp³-hybridized carbons (Fsp3) is 0.182. The Kier molecular flexibility index (Phi) is 6.18. The lowest BCUT2D eigenvalue weighted by Crippen LogP contribution is -2.38. The summed E-state index contributed by atoms with van der Waals surface area (Å²) in [4.78, 5) is 30.2. The molecule has 0 spiro atoms. The average Bonchev–Trinajstić information content (AvgIpc) is 3.14. The molecule has 0 aliphatic heterocycles. The third-order valence-corrected chi connectivity index (χ3v) is 4.38. The second-order valence-corrected chi connectivity index (χ2v) is 6.28. The van der Waals surface area contributed by atoms with Gasteiger partial charge in [-0.1, -0.05) is 60.7 Å². The molecule has 138 valence electrons. The number of ketones is 1. The van der Waals surface area contributed by atoms with E-state index in [-0.39, 0.29) is 0 Å². The van der Waals surface area contributed by atoms with Gasteiger partial charge in [0.2, 0.25) is 0 Å². The van der Waals surface area contributed by atoms with Gasteiger partial charge in [0.05, 0.1) is 5.56 Å². The summed E-state index contributed by atoms with van der Waals surface area (Å²) in [5.74, 6) is -1.01. The lowest BCUT2D eigenvalue weighted by molar-refractivity contribution is -0.126. The summed E-state index contributed by atoms with van der Waals surface area (Å²) < 4.78 is 0. The molecule has 0 aliphatic carbocycles. The molecule has 27 heavy (non-hydrogen) atoms. The van der Waals surface area contributed by atoms with Crippen molar-refractivity contribution >= 4 is 28.7 Å². The van der Waals surface area contributed by atoms with E-state index in [4.69, 9.17) is 5.73 Å². The maximum Gasteiger partial charge on any atom is 0.295 e. The van der Waals surface area contributed by atoms with Gasteiger partial charge in [0, 0.05) is 30.2 Å². The van der Waals surface area contributed by atoms with Gasteiger partial charge in [0.25, 0.3) is 11.7 Å². The Balaban J connectivity index is 1.76. The molecule has 0 aliphatic rings. The first-order valence-corrected chi connectivity index (χ1v) is 9.02. The van der Waals surface area contributed by atoms with Crippen LogP contribution in [0.25, 0.3) is 17.0 Å². The van der Waals surface area contributed by atoms with Gasteiger partial charge in [-0.05, 0) is 24.6 Å². The van der Waals surface area contributed by atoms with Crippen LogP contribution in [0.4, 0.5) is 0 Å². The van der Waals surface area contributed by atoms with Crippen LogP contribution >= 0.6 is 0 Å². The number of hydrogen-bond donors (Lipinski definition) is 2. The van der Waals surface area contributed by atoms with E-state index in [2.05, 4.69) is 4.98 Å². The number of benzene rings is 2. The van der Waals surface area contributed by atoms with E-state index in [0.29, 0.717) is 31.6 Å². The van der Waals surface area contributed by atoms with Crippen LogP contribution < -0.4 is 5.73 Å². The number of hydrogen-bond acceptors (Lipinski definition) is 3. The summed E-state index contributed by atoms with van der Waals surface area (Å²) in [6.07, 6.45) is 6.09. The number of aromatic amines is 1. The number of aromatic nitrogens is 1. The Bertz CT molecular complexity index is 944. The fourth-order valence-electron chi connectivity index (χ4n) is 2.96. The number of rotatable bonds is 8. The van der Waals surface area contributed by atoms with Crippen LogP contribution in [-0.4, -0.2) is 41.2 Å². The van der Waals surface area contributed by atoms with E-state index in [1.165, 1.54) is 0 Å². The largest absolute Gasteiger partial charge is 0.360 e. The highest BCUT2D eigenvalue weighted by Gasteiger charge is 2.24. The predicted octanol–water partition coefficient (Wildman–Crippen LogP) is 3.24. The van der Waals surface area contributed by atoms with Crippen LogP contribution in [0.2, 0.25) is 0 Å². The molecule has 1 heterocycles. The molecule has 5 heteroatoms. The highest BCUT2D eigenvalue weighted by Crippen LogP contribution is 2.19. The number of amides is 1. The summed E-state index contributed by atoms with van der Waals surface area (Å²) in [5, 5.41) is 0.759. The van der Waals surface area contributed by atoms with Crippen molar-refractivity contribution in [3.63, 3.8) is 0 Å². The van der Waals surface area contributed by atoms with E-state index in [1.54, 1.807) is 11.1 Å². The number of fused-ring (bicyclic) bond motifs is 1. The number of nitrogens with two attached hydrogens (primary N) is 1. The van der Waals surface area contributed by atoms with Gasteiger partial charge in [-0.2, -0.15) is 0 Å². The number of nitrogens with zero attached hydrogens (tertiary/aromatic N) is 1. The van der Waals surface area contributed by atoms with Crippen LogP contribution in [0, 0.1) is 0 Å². The smallest absolute Gasteiger partial charge is 0.295 e. The highest BCUT2D eigenvalue weighted by molar-refractivity contribution is 6.44. The molecule has 5 nitrogen and oxygen atoms in total. The van der Waals surface area contributed by atoms with Crippen molar-refractivity contribution in [1.82, 2.24) is 9.88 Å². The Hall–Kier alpha value is -3.18. The minimum Gasteiger partial charge on any atom is -0.360 e. The van der Waals surface area contributed by atoms with Crippen LogP contribution in [0.3, 0.4) is 0 Å². The molecule has 0 saturated carbocycles. The second kappa shape index (κ2) is 8.96. The topological polar surface area (TPSA) is 79.2 Å². The summed E-state index contributed by atoms with van der Waals surface area (Å²) >= 11 is 0. The molecule has 0 bridgehead atoms. The van der Waals surface area contributed by atoms with Gasteiger partial charge >= 0.3 is 0 Å². The van der Waals surface area contributed by atoms with E-state index < -0.39 is 11.7 Å². The van der Waals surface area contributed by atoms with Gasteiger partial charge in [0.1, 0.15) is 0 Å². The molecular formula is C22H23N3O2. The number of H-pyrrole nitrogens is 1. The summed E-state index contributed by atoms with van der Waals surface area (Å²) in [6, 6.07) is 17.3. The molecule has 0 atom stereocenters. The van der Waals surface area contributed by atoms with Crippen molar-refractivity contribution in [3.05, 3.63) is 78.0 Å². The van der Waals surface area contributed by atoms with Gasteiger partial charge in [-0.3, -0.25) is 9.59 Å². The van der Waals surface area contributed by atoms with Crippen LogP contribution in [-0.2, 0) is 4.79 Å². The average molecular weight is 361 g/mol. The normalized spacial score (nSPS) is 11.1. The van der Waals surface area contributed by atoms with E-state index >= 15 is 0 Å². The second-order valence-electron chi connectivity index (χ2n) is 6.28. The predicted molar refractivity (Wildman–Crippen MR) is 108 cm³/mol. The molecular weight excluding hydrogens is 338 g/mol. The Morgan fingerprint density at radius 3 is 2.56 bits per heavy atom. The zero-order chi connectivity index (χ0) is 19.1. The van der Waals surface area contributed by atoms with Crippen molar-refractivity contribution in [3.8, 4) is 0 Å². The molecule has 0 saturated heterocycles. The molecule has 0 radical (unpaired) electrons. The maximum atomic E-state index is 12.8. The third kappa shape index (κ3) is 4.51. The zero-order valence-electron chi connectivity index (χ0n) is 15.1. The molecule has 0 fully saturated rings. The standard InChI is InChI=1S/C22H23N3O2/c23-13-7-15-25(14-6-10-17-8-2-1-3-9-17)22(27)21(26)19-16-24-20-12-5-4-11-18(19)20/h1-6,8-12,16,24H,7,13-15,23H2/b10-6+. The molecule has 3 rings (SSSR count). The first-order valence-electron chi connectivity index (χ1n) is 9.02. The summed E-state index contributed by atoms with van der Waals surface area (Å²) in [6.45, 7) is 1.28. The Morgan fingerprint density at radius 1 is 1.04 bits per heavy atom. The van der Waals surface area contributed by atoms with Crippen LogP contribution in [0.15, 0.2) is 66.9 Å². The first-order chi connectivity index (χ1) is 13.2. The van der Waals surface area contributed by atoms with Crippen LogP contribution in [0.5, 0.6) is 0 Å². The number of nitrogens with one attached hydrogen (secondary N) is 1. The van der Waals surface area contributed by atoms with Crippen LogP contribution in [0.1, 0.15) is 22.3 Å². The lowest BCUT2D eigenvalue weighted by Gasteiger charge is -2.20. The SMILES string of the molecule is NCCCN(C/C=C/c1ccccc1)C(=O)C(=O)c1c[nH]c2ccccc12. The molecule has 0 unspecified atom stereocenters. The first kappa shape index (κ1) is 18.6. The van der Waals surface area contributed by atoms with Gasteiger partial charge in [0.15, 0.2) is 0 Å². The summed E-state index contributed by atoms with van der Waals surface area (Å²) in [7, 11) is 0. The molecule has 3 aromatic rings. The van der Waals surface area contributed by atoms with Gasteiger partial charge in [-0.15, -0.1) is 0 Å². The number of carbonyl (C=O) groups excluding carboxylic acids is 2. The fourth-order valence-corrected chi connectivity index (χ4v) is 2.96. The van der Waals surface area contributed by atoms with Crippen molar-refractivity contribution in [1.29, 1.82) is 0 Å². The van der Waals surface area contributed by atoms with Gasteiger partial charge in [-0.25, -0.2) is 0 Å². The lowest BCUT2D eigenvalue weighted by atomic mass is 10.1. The minimum absolute atomic E-state index is 0.363. The maximum absolute atomic E-state index is 12.8. The minimum atomic E-state index is -0.508. The number of Topliss-reactive ketones (excluding diaryl/α,β-unsaturated/α-hetero) is 1. The molecule has 3 N–H and O–H groups in total. The molecule has 1 amide bonds. The van der Waals surface area contributed by atoms with E-state index in [9.17, 15) is 9.59 Å². The molecule has 1 aromatic heterocycles. The van der Waals surface area contributed by atoms with Crippen molar-refractivity contribution < 1.29 is 9.59 Å². The highest BCUT2D eigenvalue weighted by atomic mass is 16.2. The molecule has 2 aromatic carbocycles. The third-order valence-electron chi connectivity index (χ3n) is 4.38. The van der Waals surface area contributed by atoms with Crippen molar-refractivity contribution in [2.75, 3.05) is 19.6 Å². The Morgan fingerprint density at radius 2 is 1.78 bits per heavy atom. The zero-order valence-corrected chi connectivity index (χ0v) is 15.1. The monoisotopic (exact) mass is 361 g/mol. The number of carbonyl (C=O) groups is 2. The van der Waals surface area contributed by atoms with Crippen molar-refractivity contribution in [2.24, 2.45) is 5.73 Å². The van der Waals surface area contributed by atoms with E-state index in [0.717, 1.165) is 16.5 Å². The quantitative estimate of drug-likeness (QED) is 0.477. The number of para-hydroxylation sites is 1. The van der Waals surface area contributed by atoms with Gasteiger partial charge < -0.3 is 15.6 Å². The Labute approximate surface area is 158 Å². The summed E-state index contributed by atoms with van der Waals surface area (Å²) in [5.41, 5.74) is 7.89. The van der Waals surface area contributed by atoms with Crippen molar-refractivity contribution in [2.45, 2.75) is 6.42 Å².